The van der Waals surface area contributed by atoms with E-state index >= 15 is 0 Å². The van der Waals surface area contributed by atoms with Crippen LogP contribution in [0.4, 0.5) is 0 Å². The van der Waals surface area contributed by atoms with E-state index in [-0.39, 0.29) is 0 Å². The van der Waals surface area contributed by atoms with E-state index in [0.29, 0.717) is 0 Å². The number of nitrogens with zero attached hydrogens (tertiary/aromatic N) is 1. The highest BCUT2D eigenvalue weighted by atomic mass is 16.5. The zero-order chi connectivity index (χ0) is 10.0. The highest BCUT2D eigenvalue weighted by Crippen LogP contribution is 2.09. The summed E-state index contributed by atoms with van der Waals surface area (Å²) in [6.45, 7) is 1.44. The summed E-state index contributed by atoms with van der Waals surface area (Å²) in [4.78, 5) is 34.0. The van der Waals surface area contributed by atoms with Crippen LogP contribution in [-0.2, 0) is 19.1 Å². The molecule has 5 heteroatoms. The quantitative estimate of drug-likeness (QED) is 0.426. The fourth-order valence-corrected chi connectivity index (χ4v) is 1.07. The van der Waals surface area contributed by atoms with E-state index < -0.39 is 23.8 Å². The maximum atomic E-state index is 11.1. The first-order valence-electron chi connectivity index (χ1n) is 3.71. The second-order valence-electron chi connectivity index (χ2n) is 2.58. The Balaban J connectivity index is 2.78. The summed E-state index contributed by atoms with van der Waals surface area (Å²) in [5.41, 5.74) is 0. The number of hydrogen-bond acceptors (Lipinski definition) is 4. The predicted molar refractivity (Wildman–Crippen MR) is 42.5 cm³/mol. The molecule has 0 aromatic carbocycles. The van der Waals surface area contributed by atoms with Gasteiger partial charge in [0.05, 0.1) is 7.11 Å². The van der Waals surface area contributed by atoms with E-state index in [2.05, 4.69) is 4.74 Å². The number of esters is 1. The van der Waals surface area contributed by atoms with Crippen molar-refractivity contribution in [1.29, 1.82) is 0 Å². The van der Waals surface area contributed by atoms with Gasteiger partial charge >= 0.3 is 5.97 Å². The lowest BCUT2D eigenvalue weighted by Gasteiger charge is -2.19. The van der Waals surface area contributed by atoms with Crippen LogP contribution in [0.3, 0.4) is 0 Å². The molecule has 0 saturated heterocycles. The summed E-state index contributed by atoms with van der Waals surface area (Å²) in [6.07, 6.45) is 2.25. The zero-order valence-electron chi connectivity index (χ0n) is 7.31. The summed E-state index contributed by atoms with van der Waals surface area (Å²) in [5, 5.41) is 0. The van der Waals surface area contributed by atoms with E-state index in [1.165, 1.54) is 14.0 Å². The van der Waals surface area contributed by atoms with Gasteiger partial charge in [0.15, 0.2) is 0 Å². The first kappa shape index (κ1) is 9.44. The van der Waals surface area contributed by atoms with Gasteiger partial charge in [-0.25, -0.2) is 4.79 Å². The lowest BCUT2D eigenvalue weighted by molar-refractivity contribution is -0.154. The van der Waals surface area contributed by atoms with Crippen LogP contribution in [0, 0.1) is 0 Å². The number of rotatable bonds is 2. The Morgan fingerprint density at radius 3 is 2.23 bits per heavy atom. The third-order valence-electron chi connectivity index (χ3n) is 1.77. The van der Waals surface area contributed by atoms with Crippen molar-refractivity contribution < 1.29 is 19.1 Å². The number of carbonyl (C=O) groups excluding carboxylic acids is 3. The average molecular weight is 183 g/mol. The van der Waals surface area contributed by atoms with Crippen LogP contribution in [-0.4, -0.2) is 35.8 Å². The number of ether oxygens (including phenoxy) is 1. The standard InChI is InChI=1S/C8H9NO4/c1-5(8(12)13-2)9-6(10)3-4-7(9)11/h3-5H,1-2H3. The van der Waals surface area contributed by atoms with Crippen LogP contribution in [0.1, 0.15) is 6.92 Å². The molecule has 0 aromatic rings. The van der Waals surface area contributed by atoms with Crippen molar-refractivity contribution in [1.82, 2.24) is 4.90 Å². The Morgan fingerprint density at radius 1 is 1.38 bits per heavy atom. The van der Waals surface area contributed by atoms with Crippen molar-refractivity contribution in [3.8, 4) is 0 Å². The van der Waals surface area contributed by atoms with Gasteiger partial charge in [0, 0.05) is 12.2 Å². The molecule has 0 bridgehead atoms. The normalized spacial score (nSPS) is 17.8. The fourth-order valence-electron chi connectivity index (χ4n) is 1.07. The van der Waals surface area contributed by atoms with Crippen LogP contribution >= 0.6 is 0 Å². The van der Waals surface area contributed by atoms with Gasteiger partial charge in [0.1, 0.15) is 6.04 Å². The second kappa shape index (κ2) is 3.38. The Labute approximate surface area is 75.0 Å². The van der Waals surface area contributed by atoms with Crippen molar-refractivity contribution in [3.63, 3.8) is 0 Å². The molecule has 0 aliphatic carbocycles. The Kier molecular flexibility index (Phi) is 2.46. The topological polar surface area (TPSA) is 63.7 Å². The lowest BCUT2D eigenvalue weighted by atomic mass is 10.3. The third-order valence-corrected chi connectivity index (χ3v) is 1.77. The summed E-state index contributed by atoms with van der Waals surface area (Å²) < 4.78 is 4.41. The van der Waals surface area contributed by atoms with Crippen LogP contribution < -0.4 is 0 Å². The van der Waals surface area contributed by atoms with Crippen LogP contribution in [0.2, 0.25) is 0 Å². The largest absolute Gasteiger partial charge is 0.467 e. The molecule has 0 saturated carbocycles. The molecule has 0 fully saturated rings. The minimum atomic E-state index is -0.861. The molecule has 0 radical (unpaired) electrons. The molecule has 0 aromatic heterocycles. The first-order chi connectivity index (χ1) is 6.07. The Morgan fingerprint density at radius 2 is 1.85 bits per heavy atom. The average Bonchev–Trinajstić information content (AvgIpc) is 2.44. The van der Waals surface area contributed by atoms with Gasteiger partial charge < -0.3 is 4.74 Å². The number of imide groups is 1. The first-order valence-corrected chi connectivity index (χ1v) is 3.71. The molecule has 1 heterocycles. The SMILES string of the molecule is COC(=O)C(C)N1C(=O)C=CC1=O. The van der Waals surface area contributed by atoms with E-state index in [1.807, 2.05) is 0 Å². The smallest absolute Gasteiger partial charge is 0.328 e. The summed E-state index contributed by atoms with van der Waals surface area (Å²) in [6, 6.07) is -0.861. The maximum Gasteiger partial charge on any atom is 0.328 e. The number of methoxy groups -OCH3 is 1. The van der Waals surface area contributed by atoms with Gasteiger partial charge in [-0.3, -0.25) is 14.5 Å². The summed E-state index contributed by atoms with van der Waals surface area (Å²) in [5.74, 6) is -1.57. The lowest BCUT2D eigenvalue weighted by Crippen LogP contribution is -2.43. The van der Waals surface area contributed by atoms with Crippen molar-refractivity contribution in [2.75, 3.05) is 7.11 Å². The zero-order valence-corrected chi connectivity index (χ0v) is 7.31. The van der Waals surface area contributed by atoms with Crippen molar-refractivity contribution >= 4 is 17.8 Å². The number of hydrogen-bond donors (Lipinski definition) is 0. The third kappa shape index (κ3) is 1.58. The Hall–Kier alpha value is -1.65. The fraction of sp³-hybridized carbons (Fsp3) is 0.375. The highest BCUT2D eigenvalue weighted by molar-refractivity contribution is 6.14. The monoisotopic (exact) mass is 183 g/mol. The summed E-state index contributed by atoms with van der Waals surface area (Å²) >= 11 is 0. The van der Waals surface area contributed by atoms with Crippen molar-refractivity contribution in [3.05, 3.63) is 12.2 Å². The van der Waals surface area contributed by atoms with E-state index in [0.717, 1.165) is 17.1 Å². The molecule has 2 amide bonds. The van der Waals surface area contributed by atoms with Gasteiger partial charge in [0.2, 0.25) is 0 Å². The molecule has 0 spiro atoms. The molecule has 13 heavy (non-hydrogen) atoms. The molecule has 1 atom stereocenters. The van der Waals surface area contributed by atoms with Gasteiger partial charge in [-0.2, -0.15) is 0 Å². The van der Waals surface area contributed by atoms with E-state index in [9.17, 15) is 14.4 Å². The minimum absolute atomic E-state index is 0.483. The molecule has 70 valence electrons. The highest BCUT2D eigenvalue weighted by Gasteiger charge is 2.32. The van der Waals surface area contributed by atoms with E-state index in [4.69, 9.17) is 0 Å². The molecule has 1 aliphatic rings. The van der Waals surface area contributed by atoms with Crippen LogP contribution in [0.25, 0.3) is 0 Å². The van der Waals surface area contributed by atoms with Gasteiger partial charge in [-0.15, -0.1) is 0 Å². The van der Waals surface area contributed by atoms with Crippen molar-refractivity contribution in [2.24, 2.45) is 0 Å². The second-order valence-corrected chi connectivity index (χ2v) is 2.58. The molecular formula is C8H9NO4. The van der Waals surface area contributed by atoms with E-state index in [1.54, 1.807) is 0 Å². The molecule has 1 rings (SSSR count). The minimum Gasteiger partial charge on any atom is -0.467 e. The van der Waals surface area contributed by atoms with Crippen LogP contribution in [0.5, 0.6) is 0 Å². The molecule has 0 N–H and O–H groups in total. The summed E-state index contributed by atoms with van der Waals surface area (Å²) in [7, 11) is 1.21. The van der Waals surface area contributed by atoms with Crippen molar-refractivity contribution in [2.45, 2.75) is 13.0 Å². The molecule has 1 unspecified atom stereocenters. The molecule has 5 nitrogen and oxygen atoms in total. The maximum absolute atomic E-state index is 11.1. The molecule has 1 aliphatic heterocycles. The number of amides is 2. The molecular weight excluding hydrogens is 174 g/mol. The predicted octanol–water partition coefficient (Wildman–Crippen LogP) is -0.527. The van der Waals surface area contributed by atoms with Gasteiger partial charge in [-0.1, -0.05) is 0 Å². The van der Waals surface area contributed by atoms with Gasteiger partial charge in [0.25, 0.3) is 11.8 Å². The number of carbonyl (C=O) groups is 3. The van der Waals surface area contributed by atoms with Gasteiger partial charge in [-0.05, 0) is 6.92 Å². The Bertz CT molecular complexity index is 277. The van der Waals surface area contributed by atoms with Crippen LogP contribution in [0.15, 0.2) is 12.2 Å².